The van der Waals surface area contributed by atoms with Gasteiger partial charge in [-0.1, -0.05) is 42.5 Å². The predicted octanol–water partition coefficient (Wildman–Crippen LogP) is 4.02. The minimum absolute atomic E-state index is 0. The van der Waals surface area contributed by atoms with Gasteiger partial charge < -0.3 is 0 Å². The second-order valence-electron chi connectivity index (χ2n) is 3.36. The molecule has 0 aromatic heterocycles. The molecule has 0 aliphatic heterocycles. The summed E-state index contributed by atoms with van der Waals surface area (Å²) in [6, 6.07) is 12.5. The van der Waals surface area contributed by atoms with Crippen molar-refractivity contribution in [3.63, 3.8) is 0 Å². The molecule has 1 nitrogen and oxygen atoms in total. The summed E-state index contributed by atoms with van der Waals surface area (Å²) in [5.74, 6) is 0.256. The fourth-order valence-corrected chi connectivity index (χ4v) is 1.75. The van der Waals surface area contributed by atoms with Crippen LogP contribution in [0.15, 0.2) is 54.1 Å². The lowest BCUT2D eigenvalue weighted by atomic mass is 9.86. The lowest BCUT2D eigenvalue weighted by molar-refractivity contribution is 0.821. The minimum Gasteiger partial charge on any atom is -0.193 e. The fourth-order valence-electron chi connectivity index (χ4n) is 1.75. The number of halogens is 2. The van der Waals surface area contributed by atoms with Crippen LogP contribution in [-0.2, 0) is 0 Å². The Labute approximate surface area is 108 Å². The van der Waals surface area contributed by atoms with Gasteiger partial charge in [0.25, 0.3) is 0 Å². The van der Waals surface area contributed by atoms with Crippen molar-refractivity contribution in [1.29, 1.82) is 5.26 Å². The van der Waals surface area contributed by atoms with Gasteiger partial charge in [0.2, 0.25) is 0 Å². The Balaban J connectivity index is 0.00000112. The highest BCUT2D eigenvalue weighted by Gasteiger charge is 2.16. The van der Waals surface area contributed by atoms with Crippen molar-refractivity contribution in [2.45, 2.75) is 12.3 Å². The predicted molar refractivity (Wildman–Crippen MR) is 71.1 cm³/mol. The zero-order chi connectivity index (χ0) is 9.80. The molecule has 0 radical (unpaired) electrons. The maximum atomic E-state index is 8.97. The first kappa shape index (κ1) is 14.8. The largest absolute Gasteiger partial charge is 0.193 e. The maximum Gasteiger partial charge on any atom is 0.0953 e. The summed E-state index contributed by atoms with van der Waals surface area (Å²) < 4.78 is 0. The zero-order valence-electron chi connectivity index (χ0n) is 8.67. The summed E-state index contributed by atoms with van der Waals surface area (Å²) in [5.41, 5.74) is 2.09. The van der Waals surface area contributed by atoms with Gasteiger partial charge in [0.05, 0.1) is 6.07 Å². The standard InChI is InChI=1S/C13H11N.2ClH/c14-10-12-8-4-5-9-13(12)11-6-2-1-3-7-11;;/h1-8,13H,9H2;2*1H. The molecule has 1 aromatic carbocycles. The van der Waals surface area contributed by atoms with E-state index in [1.165, 1.54) is 5.56 Å². The monoisotopic (exact) mass is 253 g/mol. The van der Waals surface area contributed by atoms with Gasteiger partial charge in [0, 0.05) is 11.5 Å². The molecule has 1 unspecified atom stereocenters. The van der Waals surface area contributed by atoms with E-state index in [-0.39, 0.29) is 30.7 Å². The van der Waals surface area contributed by atoms with E-state index in [1.807, 2.05) is 30.4 Å². The molecule has 0 spiro atoms. The van der Waals surface area contributed by atoms with Gasteiger partial charge in [0.1, 0.15) is 0 Å². The number of allylic oxidation sites excluding steroid dienone is 4. The summed E-state index contributed by atoms with van der Waals surface area (Å²) in [6.45, 7) is 0. The van der Waals surface area contributed by atoms with Crippen LogP contribution in [0.3, 0.4) is 0 Å². The third-order valence-corrected chi connectivity index (χ3v) is 2.49. The molecule has 2 rings (SSSR count). The fraction of sp³-hybridized carbons (Fsp3) is 0.154. The molecule has 0 N–H and O–H groups in total. The molecular weight excluding hydrogens is 241 g/mol. The summed E-state index contributed by atoms with van der Waals surface area (Å²) in [4.78, 5) is 0. The van der Waals surface area contributed by atoms with E-state index in [0.717, 1.165) is 12.0 Å². The van der Waals surface area contributed by atoms with Crippen LogP contribution < -0.4 is 0 Å². The topological polar surface area (TPSA) is 23.8 Å². The first-order valence-electron chi connectivity index (χ1n) is 4.73. The van der Waals surface area contributed by atoms with Crippen LogP contribution in [0.4, 0.5) is 0 Å². The van der Waals surface area contributed by atoms with Gasteiger partial charge in [-0.25, -0.2) is 0 Å². The highest BCUT2D eigenvalue weighted by Crippen LogP contribution is 2.30. The van der Waals surface area contributed by atoms with E-state index < -0.39 is 0 Å². The van der Waals surface area contributed by atoms with Gasteiger partial charge in [-0.3, -0.25) is 0 Å². The van der Waals surface area contributed by atoms with Gasteiger partial charge in [0.15, 0.2) is 0 Å². The van der Waals surface area contributed by atoms with Crippen LogP contribution in [-0.4, -0.2) is 0 Å². The molecule has 3 heteroatoms. The van der Waals surface area contributed by atoms with Crippen molar-refractivity contribution in [2.75, 3.05) is 0 Å². The third kappa shape index (κ3) is 3.13. The minimum atomic E-state index is 0. The summed E-state index contributed by atoms with van der Waals surface area (Å²) in [6.07, 6.45) is 6.90. The Bertz CT molecular complexity index is 415. The Morgan fingerprint density at radius 1 is 1.12 bits per heavy atom. The molecule has 1 aromatic rings. The van der Waals surface area contributed by atoms with Gasteiger partial charge in [-0.05, 0) is 18.1 Å². The van der Waals surface area contributed by atoms with Crippen LogP contribution in [0.25, 0.3) is 0 Å². The van der Waals surface area contributed by atoms with Crippen molar-refractivity contribution in [3.05, 3.63) is 59.7 Å². The van der Waals surface area contributed by atoms with Crippen molar-refractivity contribution >= 4 is 24.8 Å². The number of benzene rings is 1. The molecule has 0 saturated heterocycles. The van der Waals surface area contributed by atoms with E-state index in [1.54, 1.807) is 0 Å². The Kier molecular flexibility index (Phi) is 6.56. The van der Waals surface area contributed by atoms with Crippen LogP contribution in [0.5, 0.6) is 0 Å². The molecule has 1 atom stereocenters. The Morgan fingerprint density at radius 3 is 2.44 bits per heavy atom. The molecule has 0 amide bonds. The van der Waals surface area contributed by atoms with E-state index in [4.69, 9.17) is 5.26 Å². The van der Waals surface area contributed by atoms with Gasteiger partial charge in [-0.2, -0.15) is 5.26 Å². The zero-order valence-corrected chi connectivity index (χ0v) is 10.3. The van der Waals surface area contributed by atoms with E-state index >= 15 is 0 Å². The molecule has 0 heterocycles. The first-order chi connectivity index (χ1) is 6.92. The highest BCUT2D eigenvalue weighted by atomic mass is 35.5. The highest BCUT2D eigenvalue weighted by molar-refractivity contribution is 5.85. The van der Waals surface area contributed by atoms with E-state index in [2.05, 4.69) is 24.3 Å². The van der Waals surface area contributed by atoms with Crippen molar-refractivity contribution in [3.8, 4) is 6.07 Å². The maximum absolute atomic E-state index is 8.97. The van der Waals surface area contributed by atoms with Crippen LogP contribution in [0.2, 0.25) is 0 Å². The van der Waals surface area contributed by atoms with E-state index in [0.29, 0.717) is 0 Å². The van der Waals surface area contributed by atoms with Gasteiger partial charge >= 0.3 is 0 Å². The normalized spacial score (nSPS) is 17.4. The number of nitriles is 1. The first-order valence-corrected chi connectivity index (χ1v) is 4.73. The molecule has 0 bridgehead atoms. The second kappa shape index (κ2) is 7.11. The van der Waals surface area contributed by atoms with Crippen molar-refractivity contribution < 1.29 is 0 Å². The molecule has 0 fully saturated rings. The van der Waals surface area contributed by atoms with Crippen LogP contribution >= 0.6 is 24.8 Å². The quantitative estimate of drug-likeness (QED) is 0.742. The molecule has 84 valence electrons. The summed E-state index contributed by atoms with van der Waals surface area (Å²) in [7, 11) is 0. The summed E-state index contributed by atoms with van der Waals surface area (Å²) in [5, 5.41) is 8.97. The summed E-state index contributed by atoms with van der Waals surface area (Å²) >= 11 is 0. The average Bonchev–Trinajstić information content (AvgIpc) is 2.30. The van der Waals surface area contributed by atoms with Crippen LogP contribution in [0.1, 0.15) is 17.9 Å². The smallest absolute Gasteiger partial charge is 0.0953 e. The average molecular weight is 254 g/mol. The molecule has 16 heavy (non-hydrogen) atoms. The van der Waals surface area contributed by atoms with Crippen LogP contribution in [0, 0.1) is 11.3 Å². The van der Waals surface area contributed by atoms with E-state index in [9.17, 15) is 0 Å². The molecular formula is C13H13Cl2N. The second-order valence-corrected chi connectivity index (χ2v) is 3.36. The number of nitrogens with zero attached hydrogens (tertiary/aromatic N) is 1. The number of hydrogen-bond acceptors (Lipinski definition) is 1. The molecule has 1 aliphatic carbocycles. The number of hydrogen-bond donors (Lipinski definition) is 0. The third-order valence-electron chi connectivity index (χ3n) is 2.49. The number of rotatable bonds is 1. The Hall–Kier alpha value is -1.23. The van der Waals surface area contributed by atoms with Gasteiger partial charge in [-0.15, -0.1) is 24.8 Å². The lowest BCUT2D eigenvalue weighted by Crippen LogP contribution is -2.02. The van der Waals surface area contributed by atoms with Crippen molar-refractivity contribution in [1.82, 2.24) is 0 Å². The molecule has 0 saturated carbocycles. The Morgan fingerprint density at radius 2 is 1.81 bits per heavy atom. The lowest BCUT2D eigenvalue weighted by Gasteiger charge is -2.16. The molecule has 1 aliphatic rings. The van der Waals surface area contributed by atoms with Crippen molar-refractivity contribution in [2.24, 2.45) is 0 Å². The SMILES string of the molecule is Cl.Cl.N#CC1=CC=CCC1c1ccccc1.